The van der Waals surface area contributed by atoms with Crippen LogP contribution < -0.4 is 16.2 Å². The van der Waals surface area contributed by atoms with Crippen molar-refractivity contribution in [1.29, 1.82) is 0 Å². The molecule has 0 saturated heterocycles. The highest BCUT2D eigenvalue weighted by molar-refractivity contribution is 6.30. The van der Waals surface area contributed by atoms with Crippen molar-refractivity contribution in [3.8, 4) is 16.9 Å². The smallest absolute Gasteiger partial charge is 0.259 e. The van der Waals surface area contributed by atoms with Crippen molar-refractivity contribution in [2.45, 2.75) is 20.4 Å². The van der Waals surface area contributed by atoms with Crippen LogP contribution >= 0.6 is 11.6 Å². The third-order valence-electron chi connectivity index (χ3n) is 6.52. The number of aromatic nitrogens is 2. The summed E-state index contributed by atoms with van der Waals surface area (Å²) in [5.74, 6) is -1.11. The minimum absolute atomic E-state index is 0.0396. The molecule has 2 heterocycles. The molecule has 4 rings (SSSR count). The number of carbonyl (C=O) groups excluding carboxylic acids is 2. The van der Waals surface area contributed by atoms with Crippen molar-refractivity contribution in [3.63, 3.8) is 0 Å². The fourth-order valence-electron chi connectivity index (χ4n) is 4.20. The molecule has 0 unspecified atom stereocenters. The van der Waals surface area contributed by atoms with Gasteiger partial charge in [-0.25, -0.2) is 4.98 Å². The summed E-state index contributed by atoms with van der Waals surface area (Å²) in [7, 11) is 0. The second-order valence-corrected chi connectivity index (χ2v) is 9.43. The molecule has 2 amide bonds. The van der Waals surface area contributed by atoms with Crippen LogP contribution in [0.15, 0.2) is 83.9 Å². The van der Waals surface area contributed by atoms with Gasteiger partial charge in [0.15, 0.2) is 0 Å². The van der Waals surface area contributed by atoms with Crippen LogP contribution in [-0.2, 0) is 6.54 Å². The van der Waals surface area contributed by atoms with Gasteiger partial charge in [0.25, 0.3) is 17.4 Å². The summed E-state index contributed by atoms with van der Waals surface area (Å²) in [6.07, 6.45) is 3.17. The Morgan fingerprint density at radius 2 is 1.70 bits per heavy atom. The molecule has 0 fully saturated rings. The van der Waals surface area contributed by atoms with Gasteiger partial charge in [-0.2, -0.15) is 0 Å². The maximum absolute atomic E-state index is 13.1. The molecule has 0 spiro atoms. The Bertz CT molecular complexity index is 1550. The van der Waals surface area contributed by atoms with Gasteiger partial charge in [0.2, 0.25) is 0 Å². The van der Waals surface area contributed by atoms with Crippen LogP contribution in [0.3, 0.4) is 0 Å². The molecule has 40 heavy (non-hydrogen) atoms. The summed E-state index contributed by atoms with van der Waals surface area (Å²) in [5.41, 5.74) is 1.40. The Morgan fingerprint density at radius 1 is 0.950 bits per heavy atom. The van der Waals surface area contributed by atoms with E-state index < -0.39 is 11.8 Å². The van der Waals surface area contributed by atoms with Crippen LogP contribution in [0.25, 0.3) is 11.1 Å². The van der Waals surface area contributed by atoms with Crippen LogP contribution in [0.4, 0.5) is 11.5 Å². The van der Waals surface area contributed by atoms with Crippen LogP contribution in [0.2, 0.25) is 5.02 Å². The molecule has 3 N–H and O–H groups in total. The zero-order valence-electron chi connectivity index (χ0n) is 22.2. The number of rotatable bonds is 10. The predicted octanol–water partition coefficient (Wildman–Crippen LogP) is 5.12. The van der Waals surface area contributed by atoms with Crippen molar-refractivity contribution in [1.82, 2.24) is 14.5 Å². The fraction of sp³-hybridized carbons (Fsp3) is 0.200. The number of phenols is 1. The van der Waals surface area contributed by atoms with Crippen LogP contribution in [-0.4, -0.2) is 51.0 Å². The number of benzene rings is 2. The molecule has 0 aliphatic heterocycles. The number of anilines is 2. The van der Waals surface area contributed by atoms with Gasteiger partial charge in [-0.15, -0.1) is 0 Å². The quantitative estimate of drug-likeness (QED) is 0.232. The molecule has 0 aliphatic rings. The normalized spacial score (nSPS) is 10.9. The number of halogens is 1. The van der Waals surface area contributed by atoms with Gasteiger partial charge in [-0.1, -0.05) is 43.6 Å². The molecule has 10 heteroatoms. The van der Waals surface area contributed by atoms with Crippen molar-refractivity contribution in [2.24, 2.45) is 0 Å². The molecule has 0 atom stereocenters. The zero-order chi connectivity index (χ0) is 28.6. The average molecular weight is 560 g/mol. The van der Waals surface area contributed by atoms with E-state index in [-0.39, 0.29) is 33.9 Å². The largest absolute Gasteiger partial charge is 0.506 e. The monoisotopic (exact) mass is 559 g/mol. The van der Waals surface area contributed by atoms with Crippen LogP contribution in [0.1, 0.15) is 34.6 Å². The Hall–Kier alpha value is -4.47. The Morgan fingerprint density at radius 3 is 2.38 bits per heavy atom. The minimum atomic E-state index is -0.572. The summed E-state index contributed by atoms with van der Waals surface area (Å²) in [5, 5.41) is 16.1. The average Bonchev–Trinajstić information content (AvgIpc) is 2.96. The predicted molar refractivity (Wildman–Crippen MR) is 157 cm³/mol. The summed E-state index contributed by atoms with van der Waals surface area (Å²) >= 11 is 5.85. The number of hydrogen-bond donors (Lipinski definition) is 3. The van der Waals surface area contributed by atoms with Gasteiger partial charge in [0.1, 0.15) is 11.6 Å². The van der Waals surface area contributed by atoms with Crippen LogP contribution in [0, 0.1) is 0 Å². The van der Waals surface area contributed by atoms with Gasteiger partial charge in [0, 0.05) is 36.6 Å². The topological polar surface area (TPSA) is 117 Å². The molecule has 9 nitrogen and oxygen atoms in total. The Kier molecular flexibility index (Phi) is 9.31. The molecule has 0 saturated carbocycles. The van der Waals surface area contributed by atoms with Crippen molar-refractivity contribution in [2.75, 3.05) is 30.3 Å². The number of nitrogens with one attached hydrogen (secondary N) is 2. The molecule has 0 aliphatic carbocycles. The molecular formula is C30H30ClN5O4. The number of hydrogen-bond acceptors (Lipinski definition) is 6. The van der Waals surface area contributed by atoms with E-state index in [1.54, 1.807) is 47.2 Å². The lowest BCUT2D eigenvalue weighted by Crippen LogP contribution is -2.31. The number of para-hydroxylation sites is 1. The van der Waals surface area contributed by atoms with Gasteiger partial charge in [0.05, 0.1) is 16.3 Å². The minimum Gasteiger partial charge on any atom is -0.506 e. The fourth-order valence-corrected chi connectivity index (χ4v) is 4.31. The highest BCUT2D eigenvalue weighted by Gasteiger charge is 2.19. The molecule has 0 radical (unpaired) electrons. The summed E-state index contributed by atoms with van der Waals surface area (Å²) in [6, 6.07) is 17.6. The van der Waals surface area contributed by atoms with E-state index in [9.17, 15) is 19.5 Å². The third kappa shape index (κ3) is 6.74. The van der Waals surface area contributed by atoms with E-state index >= 15 is 0 Å². The van der Waals surface area contributed by atoms with E-state index in [4.69, 9.17) is 11.6 Å². The van der Waals surface area contributed by atoms with E-state index in [1.165, 1.54) is 30.5 Å². The van der Waals surface area contributed by atoms with Crippen molar-refractivity contribution >= 4 is 34.9 Å². The van der Waals surface area contributed by atoms with Crippen molar-refractivity contribution in [3.05, 3.63) is 106 Å². The lowest BCUT2D eigenvalue weighted by molar-refractivity contribution is 0.102. The molecule has 4 aromatic rings. The van der Waals surface area contributed by atoms with Crippen LogP contribution in [0.5, 0.6) is 5.75 Å². The van der Waals surface area contributed by atoms with Crippen molar-refractivity contribution < 1.29 is 14.7 Å². The zero-order valence-corrected chi connectivity index (χ0v) is 23.0. The number of amides is 2. The summed E-state index contributed by atoms with van der Waals surface area (Å²) in [4.78, 5) is 45.3. The lowest BCUT2D eigenvalue weighted by Gasteiger charge is -2.18. The molecule has 0 bridgehead atoms. The first kappa shape index (κ1) is 28.5. The first-order valence-corrected chi connectivity index (χ1v) is 13.3. The van der Waals surface area contributed by atoms with Gasteiger partial charge in [-0.05, 0) is 67.2 Å². The Balaban J connectivity index is 1.50. The van der Waals surface area contributed by atoms with Gasteiger partial charge >= 0.3 is 0 Å². The number of nitrogens with zero attached hydrogens (tertiary/aromatic N) is 3. The van der Waals surface area contributed by atoms with E-state index in [2.05, 4.69) is 34.4 Å². The number of likely N-dealkylation sites (N-methyl/N-ethyl adjacent to an activating group) is 1. The maximum atomic E-state index is 13.1. The number of aromatic hydroxyl groups is 1. The molecule has 206 valence electrons. The molecule has 2 aromatic carbocycles. The van der Waals surface area contributed by atoms with E-state index in [1.807, 2.05) is 6.07 Å². The SMILES string of the molecule is CCN(CC)CCn1cccc(-c2ccc(C(=O)Nc3c(O)cccc3C(=O)Nc3ccc(Cl)cn3)cc2)c1=O. The van der Waals surface area contributed by atoms with E-state index in [0.29, 0.717) is 22.7 Å². The molecule has 2 aromatic heterocycles. The number of carbonyl (C=O) groups is 2. The second kappa shape index (κ2) is 13.1. The summed E-state index contributed by atoms with van der Waals surface area (Å²) < 4.78 is 1.69. The van der Waals surface area contributed by atoms with E-state index in [0.717, 1.165) is 19.6 Å². The maximum Gasteiger partial charge on any atom is 0.259 e. The molecular weight excluding hydrogens is 530 g/mol. The lowest BCUT2D eigenvalue weighted by atomic mass is 10.0. The summed E-state index contributed by atoms with van der Waals surface area (Å²) in [6.45, 7) is 7.38. The third-order valence-corrected chi connectivity index (χ3v) is 6.75. The first-order valence-electron chi connectivity index (χ1n) is 12.9. The van der Waals surface area contributed by atoms with Gasteiger partial charge in [-0.3, -0.25) is 14.4 Å². The highest BCUT2D eigenvalue weighted by atomic mass is 35.5. The number of phenolic OH excluding ortho intramolecular Hbond substituents is 1. The second-order valence-electron chi connectivity index (χ2n) is 8.99. The highest BCUT2D eigenvalue weighted by Crippen LogP contribution is 2.29. The number of pyridine rings is 2. The standard InChI is InChI=1S/C30H30ClN5O4/c1-3-35(4-2)17-18-36-16-6-8-23(30(36)40)20-10-12-21(13-11-20)28(38)34-27-24(7-5-9-25(27)37)29(39)33-26-15-14-22(31)19-32-26/h5-16,19,37H,3-4,17-18H2,1-2H3,(H,34,38)(H,32,33,39). The Labute approximate surface area is 237 Å². The van der Waals surface area contributed by atoms with Gasteiger partial charge < -0.3 is 25.2 Å². The first-order chi connectivity index (χ1) is 19.3.